The first-order chi connectivity index (χ1) is 6.16. The van der Waals surface area contributed by atoms with E-state index in [1.807, 2.05) is 0 Å². The molecule has 0 saturated carbocycles. The number of nitrogens with two attached hydrogens (primary N) is 1. The first-order valence-electron chi connectivity index (χ1n) is 4.17. The van der Waals surface area contributed by atoms with E-state index in [0.717, 1.165) is 0 Å². The number of carboxylic acid groups (broad SMARTS) is 1. The van der Waals surface area contributed by atoms with Gasteiger partial charge in [0.25, 0.3) is 0 Å². The van der Waals surface area contributed by atoms with E-state index in [0.29, 0.717) is 0 Å². The molecule has 0 aliphatic carbocycles. The topological polar surface area (TPSA) is 92.4 Å². The summed E-state index contributed by atoms with van der Waals surface area (Å²) in [7, 11) is 0. The summed E-state index contributed by atoms with van der Waals surface area (Å²) >= 11 is 4.10. The largest absolute Gasteiger partial charge is 0.480 e. The van der Waals surface area contributed by atoms with Crippen LogP contribution in [0.2, 0.25) is 0 Å². The van der Waals surface area contributed by atoms with Crippen LogP contribution in [-0.4, -0.2) is 33.8 Å². The molecule has 1 amide bonds. The van der Waals surface area contributed by atoms with E-state index in [1.165, 1.54) is 6.92 Å². The minimum atomic E-state index is -1.13. The number of carboxylic acids is 1. The van der Waals surface area contributed by atoms with Gasteiger partial charge in [-0.25, -0.2) is 4.79 Å². The second kappa shape index (κ2) is 4.65. The first kappa shape index (κ1) is 13.2. The third-order valence-electron chi connectivity index (χ3n) is 1.65. The van der Waals surface area contributed by atoms with Crippen molar-refractivity contribution in [3.8, 4) is 0 Å². The summed E-state index contributed by atoms with van der Waals surface area (Å²) in [5.74, 6) is -1.63. The first-order valence-corrected chi connectivity index (χ1v) is 4.62. The summed E-state index contributed by atoms with van der Waals surface area (Å²) in [6.45, 7) is 4.70. The molecule has 14 heavy (non-hydrogen) atoms. The van der Waals surface area contributed by atoms with Crippen molar-refractivity contribution in [1.82, 2.24) is 5.32 Å². The number of hydrogen-bond donors (Lipinski definition) is 4. The molecule has 5 nitrogen and oxygen atoms in total. The molecule has 0 radical (unpaired) electrons. The van der Waals surface area contributed by atoms with Crippen LogP contribution in [0, 0.1) is 0 Å². The summed E-state index contributed by atoms with van der Waals surface area (Å²) in [6, 6.07) is -1.78. The fourth-order valence-electron chi connectivity index (χ4n) is 0.814. The molecule has 0 aliphatic heterocycles. The highest BCUT2D eigenvalue weighted by molar-refractivity contribution is 7.81. The minimum Gasteiger partial charge on any atom is -0.480 e. The van der Waals surface area contributed by atoms with Crippen LogP contribution in [0.15, 0.2) is 0 Å². The normalized spacial score (nSPS) is 15.8. The predicted molar refractivity (Wildman–Crippen MR) is 56.3 cm³/mol. The van der Waals surface area contributed by atoms with Crippen LogP contribution < -0.4 is 11.1 Å². The quantitative estimate of drug-likeness (QED) is 0.486. The van der Waals surface area contributed by atoms with Crippen LogP contribution in [0.25, 0.3) is 0 Å². The van der Waals surface area contributed by atoms with E-state index in [1.54, 1.807) is 13.8 Å². The van der Waals surface area contributed by atoms with E-state index in [4.69, 9.17) is 10.8 Å². The maximum absolute atomic E-state index is 11.2. The molecule has 82 valence electrons. The van der Waals surface area contributed by atoms with Gasteiger partial charge in [0.15, 0.2) is 0 Å². The molecule has 0 rings (SSSR count). The smallest absolute Gasteiger partial charge is 0.327 e. The molecule has 4 N–H and O–H groups in total. The zero-order valence-electron chi connectivity index (χ0n) is 8.44. The zero-order valence-corrected chi connectivity index (χ0v) is 9.34. The van der Waals surface area contributed by atoms with Gasteiger partial charge in [-0.05, 0) is 20.8 Å². The number of carbonyl (C=O) groups excluding carboxylic acids is 1. The van der Waals surface area contributed by atoms with Gasteiger partial charge in [-0.2, -0.15) is 12.6 Å². The summed E-state index contributed by atoms with van der Waals surface area (Å²) < 4.78 is -0.837. The maximum Gasteiger partial charge on any atom is 0.327 e. The Bertz CT molecular complexity index is 235. The molecule has 0 bridgehead atoms. The van der Waals surface area contributed by atoms with Crippen LogP contribution in [0.1, 0.15) is 20.8 Å². The SMILES string of the molecule is C[C@H](N)C(=O)N[C@@H](C(=O)O)C(C)(C)S. The van der Waals surface area contributed by atoms with Crippen molar-refractivity contribution in [1.29, 1.82) is 0 Å². The highest BCUT2D eigenvalue weighted by Crippen LogP contribution is 2.17. The molecule has 0 heterocycles. The van der Waals surface area contributed by atoms with Gasteiger partial charge in [0.05, 0.1) is 6.04 Å². The number of nitrogens with one attached hydrogen (secondary N) is 1. The number of rotatable bonds is 4. The predicted octanol–water partition coefficient (Wildman–Crippen LogP) is -0.389. The molecular formula is C8H16N2O3S. The van der Waals surface area contributed by atoms with E-state index >= 15 is 0 Å². The van der Waals surface area contributed by atoms with Gasteiger partial charge in [0.1, 0.15) is 6.04 Å². The lowest BCUT2D eigenvalue weighted by atomic mass is 10.0. The molecule has 6 heteroatoms. The summed E-state index contributed by atoms with van der Waals surface area (Å²) in [6.07, 6.45) is 0. The van der Waals surface area contributed by atoms with Crippen LogP contribution in [0.3, 0.4) is 0 Å². The van der Waals surface area contributed by atoms with Crippen molar-refractivity contribution >= 4 is 24.5 Å². The Morgan fingerprint density at radius 1 is 1.50 bits per heavy atom. The van der Waals surface area contributed by atoms with Gasteiger partial charge in [0.2, 0.25) is 5.91 Å². The maximum atomic E-state index is 11.2. The molecule has 0 aromatic rings. The highest BCUT2D eigenvalue weighted by Gasteiger charge is 2.33. The molecule has 0 unspecified atom stereocenters. The fraction of sp³-hybridized carbons (Fsp3) is 0.750. The Kier molecular flexibility index (Phi) is 4.41. The highest BCUT2D eigenvalue weighted by atomic mass is 32.1. The van der Waals surface area contributed by atoms with Crippen molar-refractivity contribution in [2.75, 3.05) is 0 Å². The monoisotopic (exact) mass is 220 g/mol. The fourth-order valence-corrected chi connectivity index (χ4v) is 0.989. The number of aliphatic carboxylic acids is 1. The Morgan fingerprint density at radius 2 is 1.93 bits per heavy atom. The number of amides is 1. The number of thiol groups is 1. The van der Waals surface area contributed by atoms with Crippen molar-refractivity contribution in [3.05, 3.63) is 0 Å². The van der Waals surface area contributed by atoms with Crippen molar-refractivity contribution in [3.63, 3.8) is 0 Å². The summed E-state index contributed by atoms with van der Waals surface area (Å²) in [5, 5.41) is 11.2. The zero-order chi connectivity index (χ0) is 11.5. The Morgan fingerprint density at radius 3 is 2.14 bits per heavy atom. The Labute approximate surface area is 88.5 Å². The second-order valence-corrected chi connectivity index (χ2v) is 4.87. The number of hydrogen-bond acceptors (Lipinski definition) is 4. The van der Waals surface area contributed by atoms with Crippen LogP contribution in [-0.2, 0) is 9.59 Å². The number of carbonyl (C=O) groups is 2. The van der Waals surface area contributed by atoms with E-state index < -0.39 is 28.7 Å². The van der Waals surface area contributed by atoms with Crippen LogP contribution in [0.4, 0.5) is 0 Å². The van der Waals surface area contributed by atoms with Gasteiger partial charge >= 0.3 is 5.97 Å². The summed E-state index contributed by atoms with van der Waals surface area (Å²) in [4.78, 5) is 22.0. The standard InChI is InChI=1S/C8H16N2O3S/c1-4(9)6(11)10-5(7(12)13)8(2,3)14/h4-5,14H,9H2,1-3H3,(H,10,11)(H,12,13)/t4-,5-/m0/s1. The third-order valence-corrected chi connectivity index (χ3v) is 1.91. The summed E-state index contributed by atoms with van der Waals surface area (Å²) in [5.41, 5.74) is 5.30. The van der Waals surface area contributed by atoms with Crippen LogP contribution >= 0.6 is 12.6 Å². The molecular weight excluding hydrogens is 204 g/mol. The van der Waals surface area contributed by atoms with E-state index in [2.05, 4.69) is 17.9 Å². The lowest BCUT2D eigenvalue weighted by molar-refractivity contribution is -0.142. The third kappa shape index (κ3) is 3.97. The molecule has 0 fully saturated rings. The van der Waals surface area contributed by atoms with Gasteiger partial charge in [0, 0.05) is 4.75 Å². The molecule has 0 saturated heterocycles. The van der Waals surface area contributed by atoms with E-state index in [9.17, 15) is 9.59 Å². The van der Waals surface area contributed by atoms with Crippen LogP contribution in [0.5, 0.6) is 0 Å². The minimum absolute atomic E-state index is 0.500. The van der Waals surface area contributed by atoms with Gasteiger partial charge in [-0.15, -0.1) is 0 Å². The van der Waals surface area contributed by atoms with Crippen molar-refractivity contribution < 1.29 is 14.7 Å². The molecule has 0 aromatic heterocycles. The lowest BCUT2D eigenvalue weighted by Crippen LogP contribution is -2.54. The Hall–Kier alpha value is -0.750. The van der Waals surface area contributed by atoms with Crippen molar-refractivity contribution in [2.45, 2.75) is 37.6 Å². The van der Waals surface area contributed by atoms with Crippen molar-refractivity contribution in [2.24, 2.45) is 5.73 Å². The second-order valence-electron chi connectivity index (χ2n) is 3.72. The molecule has 0 spiro atoms. The molecule has 0 aliphatic rings. The van der Waals surface area contributed by atoms with Gasteiger partial charge < -0.3 is 16.2 Å². The Balaban J connectivity index is 4.56. The molecule has 0 aromatic carbocycles. The average molecular weight is 220 g/mol. The van der Waals surface area contributed by atoms with E-state index in [-0.39, 0.29) is 0 Å². The van der Waals surface area contributed by atoms with Gasteiger partial charge in [-0.1, -0.05) is 0 Å². The molecule has 2 atom stereocenters. The lowest BCUT2D eigenvalue weighted by Gasteiger charge is -2.27. The van der Waals surface area contributed by atoms with Gasteiger partial charge in [-0.3, -0.25) is 4.79 Å². The average Bonchev–Trinajstić information content (AvgIpc) is 1.96.